The molecule has 2 heterocycles. The lowest BCUT2D eigenvalue weighted by Crippen LogP contribution is -2.49. The average molecular weight is 656 g/mol. The number of ketones is 1. The van der Waals surface area contributed by atoms with Crippen LogP contribution in [0.1, 0.15) is 47.4 Å². The lowest BCUT2D eigenvalue weighted by molar-refractivity contribution is -0.158. The van der Waals surface area contributed by atoms with Crippen LogP contribution >= 0.6 is 0 Å². The molecule has 2 aromatic carbocycles. The van der Waals surface area contributed by atoms with Crippen LogP contribution in [0, 0.1) is 23.3 Å². The monoisotopic (exact) mass is 655 g/mol. The second-order valence-electron chi connectivity index (χ2n) is 11.0. The Morgan fingerprint density at radius 1 is 1.02 bits per heavy atom. The summed E-state index contributed by atoms with van der Waals surface area (Å²) in [4.78, 5) is 28.9. The fourth-order valence-corrected chi connectivity index (χ4v) is 5.20. The van der Waals surface area contributed by atoms with Crippen molar-refractivity contribution in [2.75, 3.05) is 19.8 Å². The van der Waals surface area contributed by atoms with E-state index >= 15 is 0 Å². The number of pyridine rings is 1. The lowest BCUT2D eigenvalue weighted by Gasteiger charge is -2.30. The van der Waals surface area contributed by atoms with E-state index < -0.39 is 78.1 Å². The molecule has 0 amide bonds. The molecule has 4 atom stereocenters. The Labute approximate surface area is 260 Å². The Bertz CT molecular complexity index is 1500. The van der Waals surface area contributed by atoms with Gasteiger partial charge in [-0.2, -0.15) is 13.2 Å². The van der Waals surface area contributed by atoms with Gasteiger partial charge in [-0.3, -0.25) is 14.6 Å². The van der Waals surface area contributed by atoms with Crippen molar-refractivity contribution in [3.05, 3.63) is 100 Å². The number of benzene rings is 2. The molecule has 1 fully saturated rings. The molecule has 3 N–H and O–H groups in total. The molecule has 4 rings (SSSR count). The zero-order chi connectivity index (χ0) is 33.4. The highest BCUT2D eigenvalue weighted by molar-refractivity contribution is 5.87. The predicted molar refractivity (Wildman–Crippen MR) is 152 cm³/mol. The second-order valence-corrected chi connectivity index (χ2v) is 11.0. The number of carbonyl (C=O) groups excluding carboxylic acids is 2. The van der Waals surface area contributed by atoms with Gasteiger partial charge in [-0.05, 0) is 59.9 Å². The molecule has 1 saturated heterocycles. The van der Waals surface area contributed by atoms with Gasteiger partial charge in [0.1, 0.15) is 29.9 Å². The Morgan fingerprint density at radius 3 is 2.41 bits per heavy atom. The maximum Gasteiger partial charge on any atom is 0.389 e. The molecule has 7 nitrogen and oxygen atoms in total. The number of rotatable bonds is 13. The van der Waals surface area contributed by atoms with Gasteiger partial charge < -0.3 is 20.5 Å². The van der Waals surface area contributed by atoms with Crippen LogP contribution in [0.4, 0.5) is 30.7 Å². The number of aromatic nitrogens is 1. The van der Waals surface area contributed by atoms with Gasteiger partial charge in [-0.25, -0.2) is 17.6 Å². The summed E-state index contributed by atoms with van der Waals surface area (Å²) in [5.41, 5.74) is 6.86. The number of morpholine rings is 1. The molecule has 0 aliphatic carbocycles. The highest BCUT2D eigenvalue weighted by Crippen LogP contribution is 2.31. The Balaban J connectivity index is 1.38. The molecular weight excluding hydrogens is 623 g/mol. The molecule has 1 aliphatic rings. The highest BCUT2D eigenvalue weighted by Gasteiger charge is 2.32. The molecule has 0 unspecified atom stereocenters. The Hall–Kier alpha value is -3.88. The number of hydrogen-bond acceptors (Lipinski definition) is 7. The van der Waals surface area contributed by atoms with Gasteiger partial charge in [0.25, 0.3) is 0 Å². The molecule has 0 saturated carbocycles. The maximum absolute atomic E-state index is 14.9. The summed E-state index contributed by atoms with van der Waals surface area (Å²) in [5.74, 6) is -5.57. The molecular formula is C32H32F7N3O4. The van der Waals surface area contributed by atoms with Gasteiger partial charge in [0.05, 0.1) is 43.8 Å². The van der Waals surface area contributed by atoms with Gasteiger partial charge in [-0.15, -0.1) is 0 Å². The van der Waals surface area contributed by atoms with E-state index in [9.17, 15) is 40.3 Å². The van der Waals surface area contributed by atoms with Gasteiger partial charge >= 0.3 is 12.1 Å². The number of esters is 1. The van der Waals surface area contributed by atoms with Crippen molar-refractivity contribution < 1.29 is 49.8 Å². The standard InChI is InChI=1S/C32H32F7N3O4/c33-20-3-1-18(2-4-20)30(25-12-21(34)5-8-26(25)35)31(40)28(43)11-19-13-41-15-27(36)24(19)7-6-23-14-42-22(16-45-23)17-46-29(44)9-10-32(37,38)39/h1-5,8,12-13,15,22-23,30-31,42H,6-7,9-11,14,16-17,40H2/t22-,23+,30-,31+/m0/s1. The summed E-state index contributed by atoms with van der Waals surface area (Å²) in [7, 11) is 0. The molecule has 0 spiro atoms. The number of nitrogens with one attached hydrogen (secondary N) is 1. The highest BCUT2D eigenvalue weighted by atomic mass is 19.4. The number of halogens is 7. The minimum absolute atomic E-state index is 0.0949. The summed E-state index contributed by atoms with van der Waals surface area (Å²) >= 11 is 0. The molecule has 3 aromatic rings. The number of nitrogens with two attached hydrogens (primary N) is 1. The van der Waals surface area contributed by atoms with Crippen molar-refractivity contribution in [1.29, 1.82) is 0 Å². The SMILES string of the molecule is N[C@H](C(=O)Cc1cncc(F)c1CC[C@@H]1CN[C@H](COC(=O)CCC(F)(F)F)CO1)[C@@H](c1ccc(F)cc1)c1cc(F)ccc1F. The van der Waals surface area contributed by atoms with Gasteiger partial charge in [-0.1, -0.05) is 12.1 Å². The summed E-state index contributed by atoms with van der Waals surface area (Å²) in [5, 5.41) is 3.08. The van der Waals surface area contributed by atoms with Gasteiger partial charge in [0, 0.05) is 30.6 Å². The van der Waals surface area contributed by atoms with E-state index in [4.69, 9.17) is 15.2 Å². The van der Waals surface area contributed by atoms with Crippen molar-refractivity contribution in [3.63, 3.8) is 0 Å². The van der Waals surface area contributed by atoms with Crippen LogP contribution in [0.15, 0.2) is 54.9 Å². The van der Waals surface area contributed by atoms with Crippen LogP contribution in [-0.4, -0.2) is 60.9 Å². The number of hydrogen-bond donors (Lipinski definition) is 2. The zero-order valence-electron chi connectivity index (χ0n) is 24.5. The number of alkyl halides is 3. The van der Waals surface area contributed by atoms with Crippen molar-refractivity contribution in [1.82, 2.24) is 10.3 Å². The van der Waals surface area contributed by atoms with Crippen molar-refractivity contribution in [2.24, 2.45) is 5.73 Å². The maximum atomic E-state index is 14.9. The quantitative estimate of drug-likeness (QED) is 0.196. The van der Waals surface area contributed by atoms with Crippen LogP contribution in [0.2, 0.25) is 0 Å². The van der Waals surface area contributed by atoms with Crippen molar-refractivity contribution >= 4 is 11.8 Å². The minimum Gasteiger partial charge on any atom is -0.464 e. The third kappa shape index (κ3) is 9.81. The molecule has 248 valence electrons. The van der Waals surface area contributed by atoms with Crippen molar-refractivity contribution in [3.8, 4) is 0 Å². The first-order chi connectivity index (χ1) is 21.8. The summed E-state index contributed by atoms with van der Waals surface area (Å²) in [6.07, 6.45) is -4.51. The van der Waals surface area contributed by atoms with Crippen LogP contribution in [0.5, 0.6) is 0 Å². The van der Waals surface area contributed by atoms with E-state index in [1.807, 2.05) is 0 Å². The first kappa shape index (κ1) is 35.0. The molecule has 0 radical (unpaired) electrons. The van der Waals surface area contributed by atoms with Crippen LogP contribution in [0.3, 0.4) is 0 Å². The van der Waals surface area contributed by atoms with Crippen LogP contribution in [0.25, 0.3) is 0 Å². The largest absolute Gasteiger partial charge is 0.464 e. The van der Waals surface area contributed by atoms with E-state index in [1.165, 1.54) is 18.3 Å². The Kier molecular flexibility index (Phi) is 11.9. The number of carbonyl (C=O) groups is 2. The number of ether oxygens (including phenoxy) is 2. The van der Waals surface area contributed by atoms with E-state index in [-0.39, 0.29) is 54.9 Å². The van der Waals surface area contributed by atoms with E-state index in [2.05, 4.69) is 10.3 Å². The first-order valence-corrected chi connectivity index (χ1v) is 14.5. The number of nitrogens with zero attached hydrogens (tertiary/aromatic N) is 1. The van der Waals surface area contributed by atoms with E-state index in [0.29, 0.717) is 6.42 Å². The molecule has 46 heavy (non-hydrogen) atoms. The summed E-state index contributed by atoms with van der Waals surface area (Å²) in [6, 6.07) is 5.78. The average Bonchev–Trinajstić information content (AvgIpc) is 3.01. The Morgan fingerprint density at radius 2 is 1.74 bits per heavy atom. The van der Waals surface area contributed by atoms with Crippen LogP contribution < -0.4 is 11.1 Å². The van der Waals surface area contributed by atoms with E-state index in [1.54, 1.807) is 0 Å². The third-order valence-corrected chi connectivity index (χ3v) is 7.65. The molecule has 0 bridgehead atoms. The van der Waals surface area contributed by atoms with Gasteiger partial charge in [0.15, 0.2) is 5.78 Å². The number of Topliss-reactive ketones (excluding diaryl/α,β-unsaturated/α-hetero) is 1. The summed E-state index contributed by atoms with van der Waals surface area (Å²) < 4.78 is 105. The second kappa shape index (κ2) is 15.6. The minimum atomic E-state index is -4.46. The zero-order valence-corrected chi connectivity index (χ0v) is 24.5. The predicted octanol–water partition coefficient (Wildman–Crippen LogP) is 5.08. The molecule has 14 heteroatoms. The third-order valence-electron chi connectivity index (χ3n) is 7.65. The normalized spacial score (nSPS) is 18.2. The summed E-state index contributed by atoms with van der Waals surface area (Å²) in [6.45, 7) is 0.208. The first-order valence-electron chi connectivity index (χ1n) is 14.5. The fraction of sp³-hybridized carbons (Fsp3) is 0.406. The smallest absolute Gasteiger partial charge is 0.389 e. The van der Waals surface area contributed by atoms with Gasteiger partial charge in [0.2, 0.25) is 0 Å². The molecule has 1 aliphatic heterocycles. The van der Waals surface area contributed by atoms with E-state index in [0.717, 1.165) is 36.5 Å². The molecule has 1 aromatic heterocycles. The topological polar surface area (TPSA) is 104 Å². The van der Waals surface area contributed by atoms with Crippen molar-refractivity contribution in [2.45, 2.75) is 62.4 Å². The lowest BCUT2D eigenvalue weighted by atomic mass is 9.81. The fourth-order valence-electron chi connectivity index (χ4n) is 5.20. The van der Waals surface area contributed by atoms with Crippen LogP contribution in [-0.2, 0) is 31.9 Å².